The van der Waals surface area contributed by atoms with Crippen LogP contribution in [-0.4, -0.2) is 50.6 Å². The van der Waals surface area contributed by atoms with Gasteiger partial charge < -0.3 is 10.2 Å². The molecule has 7 heteroatoms. The highest BCUT2D eigenvalue weighted by Gasteiger charge is 2.31. The monoisotopic (exact) mass is 381 g/mol. The van der Waals surface area contributed by atoms with Gasteiger partial charge in [-0.05, 0) is 51.3 Å². The van der Waals surface area contributed by atoms with Gasteiger partial charge >= 0.3 is 0 Å². The van der Waals surface area contributed by atoms with Crippen molar-refractivity contribution < 1.29 is 13.2 Å². The van der Waals surface area contributed by atoms with Crippen molar-refractivity contribution in [1.82, 2.24) is 9.62 Å². The van der Waals surface area contributed by atoms with Crippen molar-refractivity contribution in [3.63, 3.8) is 0 Å². The van der Waals surface area contributed by atoms with Crippen LogP contribution in [0.2, 0.25) is 0 Å². The molecule has 0 aliphatic carbocycles. The first-order valence-corrected chi connectivity index (χ1v) is 11.1. The van der Waals surface area contributed by atoms with Crippen LogP contribution >= 0.6 is 0 Å². The number of nitrogens with one attached hydrogen (secondary N) is 1. The summed E-state index contributed by atoms with van der Waals surface area (Å²) in [6.07, 6.45) is 1.47. The van der Waals surface area contributed by atoms with E-state index in [9.17, 15) is 13.2 Å². The summed E-state index contributed by atoms with van der Waals surface area (Å²) in [4.78, 5) is 14.7. The highest BCUT2D eigenvalue weighted by atomic mass is 32.2. The molecule has 1 aromatic rings. The number of sulfonamides is 1. The van der Waals surface area contributed by atoms with Crippen molar-refractivity contribution in [2.45, 2.75) is 40.2 Å². The lowest BCUT2D eigenvalue weighted by Gasteiger charge is -2.30. The number of carbonyl (C=O) groups is 1. The molecule has 1 aliphatic rings. The van der Waals surface area contributed by atoms with Crippen molar-refractivity contribution in [2.75, 3.05) is 36.8 Å². The zero-order valence-corrected chi connectivity index (χ0v) is 16.9. The molecule has 1 heterocycles. The fourth-order valence-corrected chi connectivity index (χ4v) is 4.52. The van der Waals surface area contributed by atoms with E-state index in [0.717, 1.165) is 31.5 Å². The summed E-state index contributed by atoms with van der Waals surface area (Å²) >= 11 is 0. The molecule has 0 radical (unpaired) electrons. The first-order chi connectivity index (χ1) is 12.4. The van der Waals surface area contributed by atoms with E-state index in [1.54, 1.807) is 6.92 Å². The van der Waals surface area contributed by atoms with Gasteiger partial charge in [0.15, 0.2) is 0 Å². The van der Waals surface area contributed by atoms with E-state index in [1.807, 2.05) is 12.1 Å². The first-order valence-electron chi connectivity index (χ1n) is 9.50. The summed E-state index contributed by atoms with van der Waals surface area (Å²) in [7, 11) is -3.22. The lowest BCUT2D eigenvalue weighted by atomic mass is 9.98. The van der Waals surface area contributed by atoms with Crippen molar-refractivity contribution in [3.05, 3.63) is 29.8 Å². The Bertz CT molecular complexity index is 684. The van der Waals surface area contributed by atoms with Crippen molar-refractivity contribution in [3.8, 4) is 0 Å². The summed E-state index contributed by atoms with van der Waals surface area (Å²) < 4.78 is 25.5. The molecule has 1 aliphatic heterocycles. The molecule has 0 saturated carbocycles. The number of anilines is 1. The third-order valence-corrected chi connectivity index (χ3v) is 6.89. The van der Waals surface area contributed by atoms with E-state index in [-0.39, 0.29) is 17.6 Å². The number of nitrogens with zero attached hydrogens (tertiary/aromatic N) is 2. The largest absolute Gasteiger partial charge is 0.372 e. The fraction of sp³-hybridized carbons (Fsp3) is 0.632. The zero-order chi connectivity index (χ0) is 19.2. The molecule has 0 unspecified atom stereocenters. The van der Waals surface area contributed by atoms with Crippen LogP contribution in [0.3, 0.4) is 0 Å². The third-order valence-electron chi connectivity index (χ3n) is 5.04. The van der Waals surface area contributed by atoms with Gasteiger partial charge in [-0.25, -0.2) is 12.7 Å². The maximum Gasteiger partial charge on any atom is 0.224 e. The molecule has 1 aromatic carbocycles. The minimum absolute atomic E-state index is 0.0613. The molecule has 1 fully saturated rings. The number of piperidine rings is 1. The zero-order valence-electron chi connectivity index (χ0n) is 16.1. The van der Waals surface area contributed by atoms with Crippen molar-refractivity contribution in [2.24, 2.45) is 5.92 Å². The molecule has 0 aromatic heterocycles. The smallest absolute Gasteiger partial charge is 0.224 e. The van der Waals surface area contributed by atoms with E-state index >= 15 is 0 Å². The third kappa shape index (κ3) is 5.20. The molecule has 1 amide bonds. The van der Waals surface area contributed by atoms with E-state index in [1.165, 1.54) is 9.99 Å². The average molecular weight is 382 g/mol. The average Bonchev–Trinajstić information content (AvgIpc) is 2.68. The topological polar surface area (TPSA) is 69.7 Å². The molecule has 0 bridgehead atoms. The van der Waals surface area contributed by atoms with Crippen LogP contribution in [0.5, 0.6) is 0 Å². The maximum atomic E-state index is 12.5. The second-order valence-electron chi connectivity index (χ2n) is 6.65. The van der Waals surface area contributed by atoms with Gasteiger partial charge in [-0.1, -0.05) is 12.1 Å². The molecular formula is C19H31N3O3S. The van der Waals surface area contributed by atoms with Crippen LogP contribution in [0.4, 0.5) is 5.69 Å². The highest BCUT2D eigenvalue weighted by molar-refractivity contribution is 7.89. The number of hydrogen-bond donors (Lipinski definition) is 1. The normalized spacial score (nSPS) is 18.5. The van der Waals surface area contributed by atoms with Gasteiger partial charge in [0.25, 0.3) is 0 Å². The van der Waals surface area contributed by atoms with E-state index in [0.29, 0.717) is 19.6 Å². The van der Waals surface area contributed by atoms with Gasteiger partial charge in [0.05, 0.1) is 11.7 Å². The Hall–Kier alpha value is -1.60. The number of benzene rings is 1. The molecule has 1 saturated heterocycles. The van der Waals surface area contributed by atoms with Gasteiger partial charge in [0, 0.05) is 38.4 Å². The molecule has 26 heavy (non-hydrogen) atoms. The molecule has 2 rings (SSSR count). The van der Waals surface area contributed by atoms with Crippen LogP contribution in [0.1, 0.15) is 39.2 Å². The van der Waals surface area contributed by atoms with Crippen molar-refractivity contribution >= 4 is 21.6 Å². The second-order valence-corrected chi connectivity index (χ2v) is 8.91. The predicted molar refractivity (Wildman–Crippen MR) is 106 cm³/mol. The molecule has 1 N–H and O–H groups in total. The Morgan fingerprint density at radius 1 is 1.19 bits per heavy atom. The van der Waals surface area contributed by atoms with Crippen LogP contribution in [-0.2, 0) is 21.4 Å². The van der Waals surface area contributed by atoms with Gasteiger partial charge in [0.1, 0.15) is 0 Å². The lowest BCUT2D eigenvalue weighted by Crippen LogP contribution is -2.45. The first kappa shape index (κ1) is 20.7. The Morgan fingerprint density at radius 3 is 2.42 bits per heavy atom. The summed E-state index contributed by atoms with van der Waals surface area (Å²) in [6.45, 7) is 9.11. The van der Waals surface area contributed by atoms with Crippen LogP contribution < -0.4 is 10.2 Å². The summed E-state index contributed by atoms with van der Waals surface area (Å²) in [5, 5.41) is 2.96. The standard InChI is InChI=1S/C19H31N3O3S/c1-4-21(5-2)18-11-9-16(10-12-18)14-20-19(23)17-8-7-13-22(15-17)26(24,25)6-3/h9-12,17H,4-8,13-15H2,1-3H3,(H,20,23)/t17-/m0/s1. The number of carbonyl (C=O) groups excluding carboxylic acids is 1. The quantitative estimate of drug-likeness (QED) is 0.750. The maximum absolute atomic E-state index is 12.5. The molecule has 6 nitrogen and oxygen atoms in total. The van der Waals surface area contributed by atoms with E-state index < -0.39 is 10.0 Å². The van der Waals surface area contributed by atoms with Gasteiger partial charge in [-0.2, -0.15) is 0 Å². The SMILES string of the molecule is CCN(CC)c1ccc(CNC(=O)[C@H]2CCCN(S(=O)(=O)CC)C2)cc1. The molecule has 1 atom stereocenters. The summed E-state index contributed by atoms with van der Waals surface area (Å²) in [5.41, 5.74) is 2.22. The molecule has 0 spiro atoms. The summed E-state index contributed by atoms with van der Waals surface area (Å²) in [5.74, 6) is -0.242. The van der Waals surface area contributed by atoms with Crippen LogP contribution in [0.15, 0.2) is 24.3 Å². The van der Waals surface area contributed by atoms with Gasteiger partial charge in [0.2, 0.25) is 15.9 Å². The van der Waals surface area contributed by atoms with Crippen LogP contribution in [0.25, 0.3) is 0 Å². The number of hydrogen-bond acceptors (Lipinski definition) is 4. The predicted octanol–water partition coefficient (Wildman–Crippen LogP) is 2.21. The number of rotatable bonds is 8. The summed E-state index contributed by atoms with van der Waals surface area (Å²) in [6, 6.07) is 8.21. The van der Waals surface area contributed by atoms with Gasteiger partial charge in [-0.15, -0.1) is 0 Å². The lowest BCUT2D eigenvalue weighted by molar-refractivity contribution is -0.126. The second kappa shape index (κ2) is 9.37. The van der Waals surface area contributed by atoms with E-state index in [4.69, 9.17) is 0 Å². The molecular weight excluding hydrogens is 350 g/mol. The Kier molecular flexibility index (Phi) is 7.46. The van der Waals surface area contributed by atoms with Crippen molar-refractivity contribution in [1.29, 1.82) is 0 Å². The van der Waals surface area contributed by atoms with E-state index in [2.05, 4.69) is 36.2 Å². The Balaban J connectivity index is 1.90. The minimum atomic E-state index is -3.22. The Morgan fingerprint density at radius 2 is 1.85 bits per heavy atom. The fourth-order valence-electron chi connectivity index (χ4n) is 3.34. The Labute approximate surface area is 157 Å². The molecule has 146 valence electrons. The number of amides is 1. The van der Waals surface area contributed by atoms with Gasteiger partial charge in [-0.3, -0.25) is 4.79 Å². The van der Waals surface area contributed by atoms with Crippen LogP contribution in [0, 0.1) is 5.92 Å². The highest BCUT2D eigenvalue weighted by Crippen LogP contribution is 2.20. The minimum Gasteiger partial charge on any atom is -0.372 e.